The monoisotopic (exact) mass is 707 g/mol. The molecule has 1 heterocycles. The number of ether oxygens (including phenoxy) is 1. The molecule has 0 bridgehead atoms. The number of carbonyl (C=O) groups is 2. The van der Waals surface area contributed by atoms with Crippen LogP contribution in [-0.2, 0) is 19.4 Å². The van der Waals surface area contributed by atoms with E-state index in [2.05, 4.69) is 37.1 Å². The van der Waals surface area contributed by atoms with Crippen molar-refractivity contribution >= 4 is 40.2 Å². The minimum Gasteiger partial charge on any atom is -0.489 e. The number of nitrogens with zero attached hydrogens (tertiary/aromatic N) is 1. The lowest BCUT2D eigenvalue weighted by atomic mass is 9.70. The highest BCUT2D eigenvalue weighted by Crippen LogP contribution is 2.38. The van der Waals surface area contributed by atoms with Crippen LogP contribution in [0.5, 0.6) is 5.75 Å². The predicted molar refractivity (Wildman–Crippen MR) is 204 cm³/mol. The van der Waals surface area contributed by atoms with Gasteiger partial charge in [0.15, 0.2) is 5.78 Å². The number of Topliss-reactive ketones (excluding diaryl/α,β-unsaturated/α-hetero) is 1. The number of aromatic nitrogens is 2. The number of anilines is 1. The molecular weight excluding hydrogens is 662 g/mol. The molecule has 0 fully saturated rings. The lowest BCUT2D eigenvalue weighted by Crippen LogP contribution is -2.54. The highest BCUT2D eigenvalue weighted by atomic mass is 35.5. The summed E-state index contributed by atoms with van der Waals surface area (Å²) in [6, 6.07) is 27.6. The lowest BCUT2D eigenvalue weighted by Gasteiger charge is -2.41. The normalized spacial score (nSPS) is 13.0. The van der Waals surface area contributed by atoms with E-state index in [-0.39, 0.29) is 40.4 Å². The Morgan fingerprint density at radius 3 is 2.41 bits per heavy atom. The molecule has 2 atom stereocenters. The van der Waals surface area contributed by atoms with E-state index >= 15 is 0 Å². The van der Waals surface area contributed by atoms with E-state index in [4.69, 9.17) is 21.3 Å². The number of benzene rings is 4. The Morgan fingerprint density at radius 2 is 1.69 bits per heavy atom. The first-order valence-corrected chi connectivity index (χ1v) is 18.2. The number of H-pyrrole nitrogens is 1. The number of fused-ring (bicyclic) bond motifs is 1. The van der Waals surface area contributed by atoms with Gasteiger partial charge in [-0.25, -0.2) is 9.78 Å². The summed E-state index contributed by atoms with van der Waals surface area (Å²) in [6.07, 6.45) is 6.11. The minimum atomic E-state index is -1.09. The van der Waals surface area contributed by atoms with Gasteiger partial charge in [-0.05, 0) is 67.0 Å². The molecule has 5 aromatic rings. The summed E-state index contributed by atoms with van der Waals surface area (Å²) in [5, 5.41) is 13.7. The zero-order valence-corrected chi connectivity index (χ0v) is 30.3. The molecule has 5 rings (SSSR count). The van der Waals surface area contributed by atoms with Crippen LogP contribution in [0.25, 0.3) is 10.9 Å². The van der Waals surface area contributed by atoms with Crippen LogP contribution in [0, 0.1) is 5.92 Å². The second-order valence-electron chi connectivity index (χ2n) is 13.1. The predicted octanol–water partition coefficient (Wildman–Crippen LogP) is 9.69. The zero-order chi connectivity index (χ0) is 36.4. The largest absolute Gasteiger partial charge is 0.489 e. The zero-order valence-electron chi connectivity index (χ0n) is 29.5. The van der Waals surface area contributed by atoms with Crippen molar-refractivity contribution in [2.75, 3.05) is 5.32 Å². The Labute approximate surface area is 304 Å². The SMILES string of the molecule is CCCCC(Nc1nc2ccccc2c(=O)[nH]1)(C(=O)c1ccccc1)C(CCC)Cc1ccc(OCc2cccc(C(=O)O)c2Cl)c(CCC)c1. The standard InChI is InChI=1S/C42H46ClN3O5/c1-4-7-24-42(38(47)29-16-9-8-10-17-29,46-41-44-35-21-12-11-19-33(35)39(48)45-41)32(15-6-3)26-28-22-23-36(30(25-28)14-5-2)51-27-31-18-13-20-34(37(31)43)40(49)50/h8-13,16-23,25,32H,4-7,14-15,24,26-27H2,1-3H3,(H,49,50)(H2,44,45,46,48). The van der Waals surface area contributed by atoms with Crippen molar-refractivity contribution in [3.05, 3.63) is 134 Å². The first-order valence-electron chi connectivity index (χ1n) is 17.8. The van der Waals surface area contributed by atoms with Crippen molar-refractivity contribution in [2.45, 2.75) is 84.3 Å². The van der Waals surface area contributed by atoms with Gasteiger partial charge in [0, 0.05) is 11.1 Å². The van der Waals surface area contributed by atoms with Gasteiger partial charge < -0.3 is 15.2 Å². The fraction of sp³-hybridized carbons (Fsp3) is 0.333. The Hall–Kier alpha value is -4.95. The maximum Gasteiger partial charge on any atom is 0.337 e. The first kappa shape index (κ1) is 37.3. The topological polar surface area (TPSA) is 121 Å². The van der Waals surface area contributed by atoms with Gasteiger partial charge in [-0.1, -0.05) is 125 Å². The van der Waals surface area contributed by atoms with Gasteiger partial charge >= 0.3 is 5.97 Å². The molecule has 0 saturated heterocycles. The van der Waals surface area contributed by atoms with Gasteiger partial charge in [0.05, 0.1) is 21.5 Å². The van der Waals surface area contributed by atoms with Crippen LogP contribution in [0.15, 0.2) is 95.8 Å². The third-order valence-electron chi connectivity index (χ3n) is 9.47. The molecule has 9 heteroatoms. The van der Waals surface area contributed by atoms with E-state index in [1.165, 1.54) is 6.07 Å². The maximum absolute atomic E-state index is 14.9. The Morgan fingerprint density at radius 1 is 0.922 bits per heavy atom. The fourth-order valence-corrected chi connectivity index (χ4v) is 7.18. The van der Waals surface area contributed by atoms with E-state index in [0.29, 0.717) is 40.6 Å². The molecule has 1 aromatic heterocycles. The number of hydrogen-bond donors (Lipinski definition) is 3. The number of rotatable bonds is 18. The van der Waals surface area contributed by atoms with Crippen molar-refractivity contribution in [1.82, 2.24) is 9.97 Å². The summed E-state index contributed by atoms with van der Waals surface area (Å²) in [5.74, 6) is -0.283. The van der Waals surface area contributed by atoms with Gasteiger partial charge in [0.1, 0.15) is 17.9 Å². The summed E-state index contributed by atoms with van der Waals surface area (Å²) in [4.78, 5) is 47.5. The van der Waals surface area contributed by atoms with Crippen LogP contribution in [0.2, 0.25) is 5.02 Å². The number of unbranched alkanes of at least 4 members (excludes halogenated alkanes) is 1. The molecule has 51 heavy (non-hydrogen) atoms. The molecular formula is C42H46ClN3O5. The third kappa shape index (κ3) is 8.68. The number of aryl methyl sites for hydroxylation is 1. The summed E-state index contributed by atoms with van der Waals surface area (Å²) in [5.41, 5.74) is 2.56. The van der Waals surface area contributed by atoms with Gasteiger partial charge in [0.2, 0.25) is 5.95 Å². The molecule has 4 aromatic carbocycles. The van der Waals surface area contributed by atoms with Gasteiger partial charge in [-0.2, -0.15) is 0 Å². The van der Waals surface area contributed by atoms with Crippen molar-refractivity contribution in [3.8, 4) is 5.75 Å². The van der Waals surface area contributed by atoms with Crippen LogP contribution < -0.4 is 15.6 Å². The van der Waals surface area contributed by atoms with Crippen molar-refractivity contribution in [1.29, 1.82) is 0 Å². The Kier molecular flexibility index (Phi) is 12.7. The molecule has 0 aliphatic heterocycles. The quantitative estimate of drug-likeness (QED) is 0.0776. The van der Waals surface area contributed by atoms with Crippen molar-refractivity contribution in [3.63, 3.8) is 0 Å². The summed E-state index contributed by atoms with van der Waals surface area (Å²) in [7, 11) is 0. The summed E-state index contributed by atoms with van der Waals surface area (Å²) >= 11 is 6.41. The van der Waals surface area contributed by atoms with E-state index in [0.717, 1.165) is 49.7 Å². The number of para-hydroxylation sites is 1. The smallest absolute Gasteiger partial charge is 0.337 e. The molecule has 3 N–H and O–H groups in total. The maximum atomic E-state index is 14.9. The van der Waals surface area contributed by atoms with Crippen LogP contribution in [0.1, 0.15) is 96.7 Å². The average Bonchev–Trinajstić information content (AvgIpc) is 3.13. The highest BCUT2D eigenvalue weighted by Gasteiger charge is 2.45. The molecule has 0 aliphatic carbocycles. The number of hydrogen-bond acceptors (Lipinski definition) is 6. The van der Waals surface area contributed by atoms with Crippen molar-refractivity contribution < 1.29 is 19.4 Å². The first-order chi connectivity index (χ1) is 24.7. The number of halogens is 1. The molecule has 0 radical (unpaired) electrons. The minimum absolute atomic E-state index is 0.0278. The lowest BCUT2D eigenvalue weighted by molar-refractivity contribution is 0.0696. The number of carboxylic acid groups (broad SMARTS) is 1. The fourth-order valence-electron chi connectivity index (χ4n) is 6.92. The van der Waals surface area contributed by atoms with Crippen LogP contribution in [-0.4, -0.2) is 32.4 Å². The third-order valence-corrected chi connectivity index (χ3v) is 9.92. The van der Waals surface area contributed by atoms with Crippen LogP contribution >= 0.6 is 11.6 Å². The molecule has 0 spiro atoms. The van der Waals surface area contributed by atoms with E-state index < -0.39 is 11.5 Å². The number of aromatic carboxylic acids is 1. The number of carboxylic acids is 1. The summed E-state index contributed by atoms with van der Waals surface area (Å²) < 4.78 is 6.25. The Bertz CT molecular complexity index is 2030. The molecule has 0 aliphatic rings. The van der Waals surface area contributed by atoms with Gasteiger partial charge in [-0.3, -0.25) is 14.6 Å². The van der Waals surface area contributed by atoms with Crippen LogP contribution in [0.4, 0.5) is 5.95 Å². The molecule has 2 unspecified atom stereocenters. The van der Waals surface area contributed by atoms with Crippen molar-refractivity contribution in [2.24, 2.45) is 5.92 Å². The van der Waals surface area contributed by atoms with Gasteiger partial charge in [0.25, 0.3) is 5.56 Å². The second kappa shape index (κ2) is 17.3. The molecule has 0 amide bonds. The van der Waals surface area contributed by atoms with Gasteiger partial charge in [-0.15, -0.1) is 0 Å². The second-order valence-corrected chi connectivity index (χ2v) is 13.5. The number of ketones is 1. The number of nitrogens with one attached hydrogen (secondary N) is 2. The van der Waals surface area contributed by atoms with Crippen LogP contribution in [0.3, 0.4) is 0 Å². The Balaban J connectivity index is 1.55. The van der Waals surface area contributed by atoms with E-state index in [9.17, 15) is 19.5 Å². The molecule has 8 nitrogen and oxygen atoms in total. The highest BCUT2D eigenvalue weighted by molar-refractivity contribution is 6.34. The molecule has 0 saturated carbocycles. The molecule has 266 valence electrons. The number of carbonyl (C=O) groups excluding carboxylic acids is 1. The average molecular weight is 708 g/mol. The number of aromatic amines is 1. The summed E-state index contributed by atoms with van der Waals surface area (Å²) in [6.45, 7) is 6.48. The van der Waals surface area contributed by atoms with E-state index in [1.54, 1.807) is 18.2 Å². The van der Waals surface area contributed by atoms with E-state index in [1.807, 2.05) is 60.7 Å².